The van der Waals surface area contributed by atoms with Gasteiger partial charge in [-0.05, 0) is 19.8 Å². The average Bonchev–Trinajstić information content (AvgIpc) is 1.98. The summed E-state index contributed by atoms with van der Waals surface area (Å²) in [5.74, 6) is -0.405. The third-order valence-corrected chi connectivity index (χ3v) is 1.85. The van der Waals surface area contributed by atoms with Gasteiger partial charge in [0.1, 0.15) is 5.78 Å². The van der Waals surface area contributed by atoms with Gasteiger partial charge in [-0.15, -0.1) is 0 Å². The van der Waals surface area contributed by atoms with Crippen LogP contribution in [0.1, 0.15) is 26.7 Å². The summed E-state index contributed by atoms with van der Waals surface area (Å²) in [6.45, 7) is 2.66. The molecule has 0 heterocycles. The van der Waals surface area contributed by atoms with Crippen LogP contribution < -0.4 is 0 Å². The summed E-state index contributed by atoms with van der Waals surface area (Å²) < 4.78 is 11.6. The summed E-state index contributed by atoms with van der Waals surface area (Å²) in [4.78, 5) is 10.7. The highest BCUT2D eigenvalue weighted by atomic mass is 19.1. The van der Waals surface area contributed by atoms with Gasteiger partial charge in [-0.25, -0.2) is 0 Å². The minimum Gasteiger partial charge on any atom is -0.392 e. The van der Waals surface area contributed by atoms with Crippen molar-refractivity contribution in [3.8, 4) is 0 Å². The van der Waals surface area contributed by atoms with Crippen molar-refractivity contribution in [3.05, 3.63) is 0 Å². The molecule has 0 aliphatic rings. The van der Waals surface area contributed by atoms with Crippen molar-refractivity contribution in [2.24, 2.45) is 5.92 Å². The molecule has 0 aliphatic carbocycles. The molecular weight excluding hydrogens is 147 g/mol. The molecule has 3 heteroatoms. The van der Waals surface area contributed by atoms with Crippen molar-refractivity contribution in [2.45, 2.75) is 32.8 Å². The zero-order chi connectivity index (χ0) is 8.85. The van der Waals surface area contributed by atoms with Crippen molar-refractivity contribution in [3.63, 3.8) is 0 Å². The zero-order valence-electron chi connectivity index (χ0n) is 7.01. The van der Waals surface area contributed by atoms with Gasteiger partial charge in [0.05, 0.1) is 12.8 Å². The fourth-order valence-corrected chi connectivity index (χ4v) is 0.807. The highest BCUT2D eigenvalue weighted by molar-refractivity contribution is 5.78. The van der Waals surface area contributed by atoms with Crippen LogP contribution in [-0.2, 0) is 4.79 Å². The van der Waals surface area contributed by atoms with E-state index in [4.69, 9.17) is 0 Å². The predicted octanol–water partition coefficient (Wildman–Crippen LogP) is 1.32. The standard InChI is InChI=1S/C8H15FO2/c1-6(7(2)10)8(11)4-3-5-9/h6,8,11H,3-5H2,1-2H3/t6-,8-/m1/s1. The Kier molecular flexibility index (Phi) is 5.03. The van der Waals surface area contributed by atoms with Crippen molar-refractivity contribution >= 4 is 5.78 Å². The number of carbonyl (C=O) groups excluding carboxylic acids is 1. The summed E-state index contributed by atoms with van der Waals surface area (Å²) in [7, 11) is 0. The van der Waals surface area contributed by atoms with Crippen molar-refractivity contribution in [1.82, 2.24) is 0 Å². The summed E-state index contributed by atoms with van der Waals surface area (Å²) in [5, 5.41) is 9.23. The Hall–Kier alpha value is -0.440. The summed E-state index contributed by atoms with van der Waals surface area (Å²) in [6.07, 6.45) is 0.0269. The first-order valence-electron chi connectivity index (χ1n) is 3.84. The number of halogens is 1. The van der Waals surface area contributed by atoms with Gasteiger partial charge in [-0.3, -0.25) is 9.18 Å². The Morgan fingerprint density at radius 1 is 1.64 bits per heavy atom. The Morgan fingerprint density at radius 2 is 2.18 bits per heavy atom. The van der Waals surface area contributed by atoms with E-state index in [-0.39, 0.29) is 11.7 Å². The molecule has 66 valence electrons. The molecule has 0 spiro atoms. The molecule has 0 rings (SSSR count). The first-order chi connectivity index (χ1) is 5.09. The summed E-state index contributed by atoms with van der Waals surface area (Å²) >= 11 is 0. The van der Waals surface area contributed by atoms with Crippen LogP contribution in [0, 0.1) is 5.92 Å². The maximum atomic E-state index is 11.6. The molecule has 0 aromatic carbocycles. The van der Waals surface area contributed by atoms with Gasteiger partial charge in [0.15, 0.2) is 0 Å². The molecule has 0 saturated heterocycles. The van der Waals surface area contributed by atoms with E-state index >= 15 is 0 Å². The van der Waals surface area contributed by atoms with Crippen molar-refractivity contribution in [1.29, 1.82) is 0 Å². The van der Waals surface area contributed by atoms with Gasteiger partial charge in [0, 0.05) is 5.92 Å². The molecule has 0 unspecified atom stereocenters. The molecule has 0 aromatic rings. The van der Waals surface area contributed by atoms with E-state index in [0.29, 0.717) is 12.8 Å². The van der Waals surface area contributed by atoms with E-state index in [1.807, 2.05) is 0 Å². The normalized spacial score (nSPS) is 16.0. The predicted molar refractivity (Wildman–Crippen MR) is 41.1 cm³/mol. The number of hydrogen-bond donors (Lipinski definition) is 1. The first-order valence-corrected chi connectivity index (χ1v) is 3.84. The van der Waals surface area contributed by atoms with Crippen LogP contribution in [0.15, 0.2) is 0 Å². The van der Waals surface area contributed by atoms with Crippen LogP contribution in [0.3, 0.4) is 0 Å². The number of aliphatic hydroxyl groups is 1. The van der Waals surface area contributed by atoms with Crippen LogP contribution in [-0.4, -0.2) is 23.7 Å². The van der Waals surface area contributed by atoms with Crippen LogP contribution in [0.5, 0.6) is 0 Å². The number of alkyl halides is 1. The van der Waals surface area contributed by atoms with Crippen LogP contribution in [0.4, 0.5) is 4.39 Å². The molecule has 0 radical (unpaired) electrons. The topological polar surface area (TPSA) is 37.3 Å². The van der Waals surface area contributed by atoms with Crippen LogP contribution in [0.2, 0.25) is 0 Å². The number of aliphatic hydroxyl groups excluding tert-OH is 1. The van der Waals surface area contributed by atoms with E-state index < -0.39 is 12.8 Å². The summed E-state index contributed by atoms with van der Waals surface area (Å²) in [5.41, 5.74) is 0. The molecule has 0 fully saturated rings. The molecule has 11 heavy (non-hydrogen) atoms. The van der Waals surface area contributed by atoms with E-state index in [2.05, 4.69) is 0 Å². The molecule has 2 atom stereocenters. The van der Waals surface area contributed by atoms with E-state index in [9.17, 15) is 14.3 Å². The highest BCUT2D eigenvalue weighted by Crippen LogP contribution is 2.09. The lowest BCUT2D eigenvalue weighted by Crippen LogP contribution is -2.23. The van der Waals surface area contributed by atoms with Gasteiger partial charge in [0.2, 0.25) is 0 Å². The van der Waals surface area contributed by atoms with E-state index in [1.165, 1.54) is 6.92 Å². The first kappa shape index (κ1) is 10.6. The lowest BCUT2D eigenvalue weighted by atomic mass is 9.97. The number of rotatable bonds is 5. The minimum atomic E-state index is -0.678. The number of Topliss-reactive ketones (excluding diaryl/α,β-unsaturated/α-hetero) is 1. The fourth-order valence-electron chi connectivity index (χ4n) is 0.807. The quantitative estimate of drug-likeness (QED) is 0.662. The average molecular weight is 162 g/mol. The lowest BCUT2D eigenvalue weighted by Gasteiger charge is -2.14. The van der Waals surface area contributed by atoms with E-state index in [0.717, 1.165) is 0 Å². The number of hydrogen-bond acceptors (Lipinski definition) is 2. The fraction of sp³-hybridized carbons (Fsp3) is 0.875. The van der Waals surface area contributed by atoms with Gasteiger partial charge in [-0.2, -0.15) is 0 Å². The Morgan fingerprint density at radius 3 is 2.55 bits per heavy atom. The second-order valence-corrected chi connectivity index (χ2v) is 2.80. The maximum absolute atomic E-state index is 11.6. The SMILES string of the molecule is CC(=O)[C@@H](C)[C@H](O)CCCF. The second-order valence-electron chi connectivity index (χ2n) is 2.80. The molecule has 0 aromatic heterocycles. The smallest absolute Gasteiger partial charge is 0.135 e. The molecule has 1 N–H and O–H groups in total. The Labute approximate surface area is 66.4 Å². The second kappa shape index (κ2) is 5.24. The molecule has 2 nitrogen and oxygen atoms in total. The van der Waals surface area contributed by atoms with Gasteiger partial charge >= 0.3 is 0 Å². The monoisotopic (exact) mass is 162 g/mol. The lowest BCUT2D eigenvalue weighted by molar-refractivity contribution is -0.123. The maximum Gasteiger partial charge on any atom is 0.135 e. The third kappa shape index (κ3) is 4.09. The third-order valence-electron chi connectivity index (χ3n) is 1.85. The zero-order valence-corrected chi connectivity index (χ0v) is 7.01. The molecule has 0 bridgehead atoms. The van der Waals surface area contributed by atoms with E-state index in [1.54, 1.807) is 6.92 Å². The molecular formula is C8H15FO2. The summed E-state index contributed by atoms with van der Waals surface area (Å²) in [6, 6.07) is 0. The minimum absolute atomic E-state index is 0.0450. The number of ketones is 1. The van der Waals surface area contributed by atoms with Crippen molar-refractivity contribution in [2.75, 3.05) is 6.67 Å². The van der Waals surface area contributed by atoms with Gasteiger partial charge in [-0.1, -0.05) is 6.92 Å². The Bertz CT molecular complexity index is 125. The van der Waals surface area contributed by atoms with Gasteiger partial charge in [0.25, 0.3) is 0 Å². The Balaban J connectivity index is 3.63. The molecule has 0 saturated carbocycles. The molecule has 0 amide bonds. The van der Waals surface area contributed by atoms with Gasteiger partial charge < -0.3 is 5.11 Å². The van der Waals surface area contributed by atoms with Crippen molar-refractivity contribution < 1.29 is 14.3 Å². The number of carbonyl (C=O) groups is 1. The largest absolute Gasteiger partial charge is 0.392 e. The van der Waals surface area contributed by atoms with Crippen LogP contribution >= 0.6 is 0 Å². The highest BCUT2D eigenvalue weighted by Gasteiger charge is 2.17. The molecule has 0 aliphatic heterocycles. The van der Waals surface area contributed by atoms with Crippen LogP contribution in [0.25, 0.3) is 0 Å².